The van der Waals surface area contributed by atoms with E-state index in [0.29, 0.717) is 12.2 Å². The molecule has 1 unspecified atom stereocenters. The first-order chi connectivity index (χ1) is 11.8. The molecule has 24 heavy (non-hydrogen) atoms. The van der Waals surface area contributed by atoms with Crippen molar-refractivity contribution in [1.82, 2.24) is 0 Å². The van der Waals surface area contributed by atoms with Crippen molar-refractivity contribution in [2.75, 3.05) is 6.61 Å². The van der Waals surface area contributed by atoms with Crippen LogP contribution in [0.4, 0.5) is 0 Å². The summed E-state index contributed by atoms with van der Waals surface area (Å²) < 4.78 is 10.3. The molecule has 4 aromatic rings. The number of epoxide rings is 1. The van der Waals surface area contributed by atoms with Gasteiger partial charge in [-0.25, -0.2) is 4.79 Å². The van der Waals surface area contributed by atoms with Gasteiger partial charge in [-0.1, -0.05) is 60.7 Å². The molecule has 116 valence electrons. The van der Waals surface area contributed by atoms with Gasteiger partial charge in [-0.3, -0.25) is 0 Å². The smallest absolute Gasteiger partial charge is 0.341 e. The molecule has 0 aliphatic carbocycles. The SMILES string of the molecule is O=C(OC1CO1)c1cccc2c1ccc1c3ccccc3ccc21. The van der Waals surface area contributed by atoms with Crippen molar-refractivity contribution in [3.05, 3.63) is 72.3 Å². The van der Waals surface area contributed by atoms with Gasteiger partial charge in [-0.15, -0.1) is 0 Å². The van der Waals surface area contributed by atoms with Crippen molar-refractivity contribution in [2.45, 2.75) is 6.29 Å². The molecule has 0 radical (unpaired) electrons. The molecule has 1 atom stereocenters. The lowest BCUT2D eigenvalue weighted by Crippen LogP contribution is -2.08. The lowest BCUT2D eigenvalue weighted by molar-refractivity contribution is 0.0300. The molecule has 5 rings (SSSR count). The summed E-state index contributed by atoms with van der Waals surface area (Å²) in [5.74, 6) is -0.330. The van der Waals surface area contributed by atoms with Crippen LogP contribution in [0.5, 0.6) is 0 Å². The third-order valence-electron chi connectivity index (χ3n) is 4.54. The lowest BCUT2D eigenvalue weighted by atomic mass is 9.95. The summed E-state index contributed by atoms with van der Waals surface area (Å²) in [4.78, 5) is 12.4. The highest BCUT2D eigenvalue weighted by Crippen LogP contribution is 2.33. The number of fused-ring (bicyclic) bond motifs is 5. The zero-order chi connectivity index (χ0) is 16.1. The van der Waals surface area contributed by atoms with Gasteiger partial charge in [0.15, 0.2) is 0 Å². The Labute approximate surface area is 138 Å². The highest BCUT2D eigenvalue weighted by atomic mass is 16.8. The highest BCUT2D eigenvalue weighted by Gasteiger charge is 2.28. The maximum atomic E-state index is 12.4. The number of ether oxygens (including phenoxy) is 2. The minimum atomic E-state index is -0.378. The fraction of sp³-hybridized carbons (Fsp3) is 0.0952. The van der Waals surface area contributed by atoms with E-state index in [4.69, 9.17) is 9.47 Å². The minimum absolute atomic E-state index is 0.330. The first-order valence-electron chi connectivity index (χ1n) is 7.97. The van der Waals surface area contributed by atoms with Gasteiger partial charge in [0.2, 0.25) is 6.29 Å². The number of hydrogen-bond acceptors (Lipinski definition) is 3. The number of carbonyl (C=O) groups excluding carboxylic acids is 1. The molecular formula is C21H14O3. The van der Waals surface area contributed by atoms with Crippen LogP contribution in [0, 0.1) is 0 Å². The molecule has 1 aliphatic rings. The second kappa shape index (κ2) is 5.05. The van der Waals surface area contributed by atoms with E-state index >= 15 is 0 Å². The molecule has 4 aromatic carbocycles. The van der Waals surface area contributed by atoms with Crippen molar-refractivity contribution in [3.63, 3.8) is 0 Å². The van der Waals surface area contributed by atoms with Gasteiger partial charge in [-0.2, -0.15) is 0 Å². The Kier molecular flexibility index (Phi) is 2.84. The normalized spacial score (nSPS) is 16.6. The zero-order valence-corrected chi connectivity index (χ0v) is 12.9. The maximum absolute atomic E-state index is 12.4. The minimum Gasteiger partial charge on any atom is -0.430 e. The topological polar surface area (TPSA) is 38.8 Å². The standard InChI is InChI=1S/C21H14O3/c22-21(24-20-12-23-20)19-7-3-6-15-17-9-8-13-4-1-2-5-14(13)16(17)10-11-18(15)19/h1-11,20H,12H2. The first kappa shape index (κ1) is 13.5. The molecule has 3 heteroatoms. The van der Waals surface area contributed by atoms with Gasteiger partial charge >= 0.3 is 5.97 Å². The molecule has 0 amide bonds. The van der Waals surface area contributed by atoms with Crippen LogP contribution in [-0.2, 0) is 9.47 Å². The number of esters is 1. The second-order valence-electron chi connectivity index (χ2n) is 6.02. The van der Waals surface area contributed by atoms with Crippen molar-refractivity contribution in [3.8, 4) is 0 Å². The van der Waals surface area contributed by atoms with Crippen LogP contribution in [0.2, 0.25) is 0 Å². The largest absolute Gasteiger partial charge is 0.430 e. The number of benzene rings is 4. The van der Waals surface area contributed by atoms with Gasteiger partial charge in [0.05, 0.1) is 5.56 Å². The van der Waals surface area contributed by atoms with Crippen LogP contribution < -0.4 is 0 Å². The molecule has 0 saturated carbocycles. The van der Waals surface area contributed by atoms with E-state index in [1.54, 1.807) is 6.07 Å². The lowest BCUT2D eigenvalue weighted by Gasteiger charge is -2.10. The van der Waals surface area contributed by atoms with Gasteiger partial charge in [0.25, 0.3) is 0 Å². The summed E-state index contributed by atoms with van der Waals surface area (Å²) in [5.41, 5.74) is 0.582. The Bertz CT molecular complexity index is 1110. The van der Waals surface area contributed by atoms with Crippen LogP contribution in [0.1, 0.15) is 10.4 Å². The molecule has 0 N–H and O–H groups in total. The van der Waals surface area contributed by atoms with E-state index in [-0.39, 0.29) is 12.3 Å². The summed E-state index contributed by atoms with van der Waals surface area (Å²) in [5, 5.41) is 6.73. The number of rotatable bonds is 2. The predicted molar refractivity (Wildman–Crippen MR) is 94.1 cm³/mol. The molecule has 1 saturated heterocycles. The van der Waals surface area contributed by atoms with Gasteiger partial charge in [0.1, 0.15) is 6.61 Å². The Morgan fingerprint density at radius 3 is 2.33 bits per heavy atom. The third-order valence-corrected chi connectivity index (χ3v) is 4.54. The molecule has 0 aromatic heterocycles. The summed E-state index contributed by atoms with van der Waals surface area (Å²) in [6.45, 7) is 0.491. The number of carbonyl (C=O) groups is 1. The van der Waals surface area contributed by atoms with Crippen molar-refractivity contribution < 1.29 is 14.3 Å². The molecule has 1 fully saturated rings. The Morgan fingerprint density at radius 1 is 0.792 bits per heavy atom. The average molecular weight is 314 g/mol. The summed E-state index contributed by atoms with van der Waals surface area (Å²) in [6.07, 6.45) is -0.378. The second-order valence-corrected chi connectivity index (χ2v) is 6.02. The predicted octanol–water partition coefficient (Wildman–Crippen LogP) is 4.66. The Balaban J connectivity index is 1.79. The first-order valence-corrected chi connectivity index (χ1v) is 7.97. The fourth-order valence-corrected chi connectivity index (χ4v) is 3.32. The molecule has 1 aliphatic heterocycles. The van der Waals surface area contributed by atoms with Crippen LogP contribution in [0.25, 0.3) is 32.3 Å². The Morgan fingerprint density at radius 2 is 1.46 bits per heavy atom. The van der Waals surface area contributed by atoms with Crippen molar-refractivity contribution in [2.24, 2.45) is 0 Å². The molecule has 1 heterocycles. The van der Waals surface area contributed by atoms with Crippen LogP contribution in [0.15, 0.2) is 66.7 Å². The number of hydrogen-bond donors (Lipinski definition) is 0. The van der Waals surface area contributed by atoms with Crippen molar-refractivity contribution in [1.29, 1.82) is 0 Å². The van der Waals surface area contributed by atoms with Gasteiger partial charge < -0.3 is 9.47 Å². The van der Waals surface area contributed by atoms with Crippen LogP contribution in [0.3, 0.4) is 0 Å². The highest BCUT2D eigenvalue weighted by molar-refractivity contribution is 6.20. The van der Waals surface area contributed by atoms with Crippen molar-refractivity contribution >= 4 is 38.3 Å². The monoisotopic (exact) mass is 314 g/mol. The fourth-order valence-electron chi connectivity index (χ4n) is 3.32. The zero-order valence-electron chi connectivity index (χ0n) is 12.9. The third kappa shape index (κ3) is 2.06. The van der Waals surface area contributed by atoms with E-state index in [9.17, 15) is 4.79 Å². The molecule has 3 nitrogen and oxygen atoms in total. The quantitative estimate of drug-likeness (QED) is 0.307. The van der Waals surface area contributed by atoms with E-state index in [0.717, 1.165) is 16.2 Å². The van der Waals surface area contributed by atoms with Gasteiger partial charge in [0, 0.05) is 0 Å². The summed E-state index contributed by atoms with van der Waals surface area (Å²) >= 11 is 0. The Hall–Kier alpha value is -2.91. The van der Waals surface area contributed by atoms with E-state index in [1.165, 1.54) is 16.2 Å². The van der Waals surface area contributed by atoms with E-state index in [1.807, 2.05) is 18.2 Å². The van der Waals surface area contributed by atoms with Gasteiger partial charge in [-0.05, 0) is 38.4 Å². The van der Waals surface area contributed by atoms with Crippen LogP contribution in [-0.4, -0.2) is 18.9 Å². The molecule has 0 spiro atoms. The molecule has 0 bridgehead atoms. The summed E-state index contributed by atoms with van der Waals surface area (Å²) in [7, 11) is 0. The maximum Gasteiger partial charge on any atom is 0.341 e. The van der Waals surface area contributed by atoms with Crippen LogP contribution >= 0.6 is 0 Å². The van der Waals surface area contributed by atoms with E-state index < -0.39 is 0 Å². The van der Waals surface area contributed by atoms with E-state index in [2.05, 4.69) is 42.5 Å². The molecular weight excluding hydrogens is 300 g/mol. The average Bonchev–Trinajstić information content (AvgIpc) is 3.44. The summed E-state index contributed by atoms with van der Waals surface area (Å²) in [6, 6.07) is 22.4.